The summed E-state index contributed by atoms with van der Waals surface area (Å²) in [4.78, 5) is 22.0. The van der Waals surface area contributed by atoms with Gasteiger partial charge >= 0.3 is 0 Å². The molecule has 0 fully saturated rings. The minimum absolute atomic E-state index is 0.0424. The molecule has 0 saturated heterocycles. The highest BCUT2D eigenvalue weighted by molar-refractivity contribution is 7.94. The van der Waals surface area contributed by atoms with Gasteiger partial charge in [0.05, 0.1) is 23.0 Å². The maximum Gasteiger partial charge on any atom is 0.274 e. The van der Waals surface area contributed by atoms with Crippen molar-refractivity contribution in [2.24, 2.45) is 10.7 Å². The molecule has 2 aliphatic heterocycles. The molecule has 11 heteroatoms. The summed E-state index contributed by atoms with van der Waals surface area (Å²) < 4.78 is 37.3. The molecule has 0 radical (unpaired) electrons. The molecule has 4 rings (SSSR count). The van der Waals surface area contributed by atoms with Gasteiger partial charge in [-0.3, -0.25) is 9.79 Å². The molecule has 35 heavy (non-hydrogen) atoms. The molecule has 1 aromatic carbocycles. The van der Waals surface area contributed by atoms with Gasteiger partial charge in [-0.1, -0.05) is 11.6 Å². The maximum absolute atomic E-state index is 13.6. The number of amidine groups is 1. The molecule has 3 N–H and O–H groups in total. The molecule has 3 heterocycles. The first kappa shape index (κ1) is 25.4. The Bertz CT molecular complexity index is 1330. The van der Waals surface area contributed by atoms with E-state index in [1.807, 2.05) is 6.92 Å². The number of hydrogen-bond donors (Lipinski definition) is 2. The molecule has 0 bridgehead atoms. The molecule has 0 aliphatic carbocycles. The summed E-state index contributed by atoms with van der Waals surface area (Å²) >= 11 is 6.02. The van der Waals surface area contributed by atoms with Crippen LogP contribution in [0.25, 0.3) is 0 Å². The number of aliphatic imine (C=N–C) groups is 1. The van der Waals surface area contributed by atoms with Gasteiger partial charge in [0.1, 0.15) is 27.6 Å². The maximum atomic E-state index is 13.6. The number of nitrogens with zero attached hydrogens (tertiary/aromatic N) is 2. The Morgan fingerprint density at radius 3 is 2.71 bits per heavy atom. The van der Waals surface area contributed by atoms with E-state index in [2.05, 4.69) is 10.3 Å². The van der Waals surface area contributed by atoms with E-state index in [4.69, 9.17) is 31.8 Å². The van der Waals surface area contributed by atoms with E-state index in [0.29, 0.717) is 27.6 Å². The lowest BCUT2D eigenvalue weighted by Gasteiger charge is -2.43. The fourth-order valence-corrected chi connectivity index (χ4v) is 7.20. The second-order valence-electron chi connectivity index (χ2n) is 9.61. The van der Waals surface area contributed by atoms with Crippen molar-refractivity contribution in [2.45, 2.75) is 62.4 Å². The van der Waals surface area contributed by atoms with Gasteiger partial charge in [0.2, 0.25) is 0 Å². The molecule has 1 aromatic heterocycles. The van der Waals surface area contributed by atoms with Gasteiger partial charge in [0, 0.05) is 36.5 Å². The molecule has 0 saturated carbocycles. The van der Waals surface area contributed by atoms with Crippen LogP contribution in [-0.2, 0) is 26.7 Å². The van der Waals surface area contributed by atoms with E-state index < -0.39 is 31.3 Å². The number of nitrogens with one attached hydrogen (secondary N) is 1. The number of rotatable bonds is 4. The number of amides is 1. The highest BCUT2D eigenvalue weighted by atomic mass is 35.5. The van der Waals surface area contributed by atoms with Crippen molar-refractivity contribution in [3.05, 3.63) is 52.3 Å². The number of hydrogen-bond acceptors (Lipinski definition) is 8. The summed E-state index contributed by atoms with van der Waals surface area (Å²) in [5, 5.41) is 2.37. The molecular formula is C24H29ClN4O5S. The SMILES string of the molecule is COCc1cc(Cl)cnc1C(=O)Nc1ccc2c(c1)[C@@]1(C)N=C(N)C(C)(C)S(=O)(=O)[C@@H]1C[C@H](C)O2. The van der Waals surface area contributed by atoms with Gasteiger partial charge in [-0.2, -0.15) is 0 Å². The van der Waals surface area contributed by atoms with E-state index in [0.717, 1.165) is 0 Å². The van der Waals surface area contributed by atoms with Crippen LogP contribution in [0.2, 0.25) is 5.02 Å². The van der Waals surface area contributed by atoms with Crippen molar-refractivity contribution >= 4 is 38.9 Å². The molecule has 0 spiro atoms. The number of halogens is 1. The first-order chi connectivity index (χ1) is 16.3. The van der Waals surface area contributed by atoms with Crippen LogP contribution in [0.15, 0.2) is 35.5 Å². The highest BCUT2D eigenvalue weighted by Crippen LogP contribution is 2.49. The average Bonchev–Trinajstić information content (AvgIpc) is 2.87. The highest BCUT2D eigenvalue weighted by Gasteiger charge is 2.58. The number of ether oxygens (including phenoxy) is 2. The molecule has 0 unspecified atom stereocenters. The van der Waals surface area contributed by atoms with Gasteiger partial charge in [-0.25, -0.2) is 13.4 Å². The first-order valence-corrected chi connectivity index (χ1v) is 13.1. The van der Waals surface area contributed by atoms with Gasteiger partial charge in [0.25, 0.3) is 5.91 Å². The van der Waals surface area contributed by atoms with Crippen molar-refractivity contribution < 1.29 is 22.7 Å². The van der Waals surface area contributed by atoms with Crippen LogP contribution in [0.4, 0.5) is 5.69 Å². The Labute approximate surface area is 210 Å². The lowest BCUT2D eigenvalue weighted by molar-refractivity contribution is 0.101. The lowest BCUT2D eigenvalue weighted by Crippen LogP contribution is -2.60. The van der Waals surface area contributed by atoms with Gasteiger partial charge < -0.3 is 20.5 Å². The summed E-state index contributed by atoms with van der Waals surface area (Å²) in [5.41, 5.74) is 6.68. The zero-order chi connectivity index (χ0) is 25.8. The van der Waals surface area contributed by atoms with E-state index in [-0.39, 0.29) is 30.7 Å². The molecule has 3 atom stereocenters. The fraction of sp³-hybridized carbons (Fsp3) is 0.458. The number of carbonyl (C=O) groups is 1. The summed E-state index contributed by atoms with van der Waals surface area (Å²) in [6.45, 7) is 6.89. The van der Waals surface area contributed by atoms with Crippen molar-refractivity contribution in [3.8, 4) is 5.75 Å². The Balaban J connectivity index is 1.79. The van der Waals surface area contributed by atoms with Crippen LogP contribution in [0, 0.1) is 0 Å². The average molecular weight is 521 g/mol. The van der Waals surface area contributed by atoms with Crippen molar-refractivity contribution in [3.63, 3.8) is 0 Å². The first-order valence-electron chi connectivity index (χ1n) is 11.2. The van der Waals surface area contributed by atoms with Gasteiger partial charge in [-0.05, 0) is 52.0 Å². The molecule has 2 aliphatic rings. The monoisotopic (exact) mass is 520 g/mol. The number of fused-ring (bicyclic) bond motifs is 3. The number of anilines is 1. The van der Waals surface area contributed by atoms with E-state index in [1.165, 1.54) is 13.3 Å². The third-order valence-corrected chi connectivity index (χ3v) is 10.0. The van der Waals surface area contributed by atoms with Crippen LogP contribution in [-0.4, -0.2) is 48.4 Å². The third kappa shape index (κ3) is 4.17. The summed E-state index contributed by atoms with van der Waals surface area (Å²) in [6, 6.07) is 6.71. The second-order valence-corrected chi connectivity index (χ2v) is 12.7. The molecular weight excluding hydrogens is 492 g/mol. The van der Waals surface area contributed by atoms with Gasteiger partial charge in [0.15, 0.2) is 9.84 Å². The zero-order valence-electron chi connectivity index (χ0n) is 20.3. The number of aromatic nitrogens is 1. The Hall–Kier alpha value is -2.69. The van der Waals surface area contributed by atoms with Crippen LogP contribution in [0.1, 0.15) is 55.7 Å². The molecule has 9 nitrogen and oxygen atoms in total. The predicted molar refractivity (Wildman–Crippen MR) is 135 cm³/mol. The Morgan fingerprint density at radius 2 is 2.03 bits per heavy atom. The zero-order valence-corrected chi connectivity index (χ0v) is 21.8. The van der Waals surface area contributed by atoms with Gasteiger partial charge in [-0.15, -0.1) is 0 Å². The fourth-order valence-electron chi connectivity index (χ4n) is 4.66. The van der Waals surface area contributed by atoms with Crippen LogP contribution >= 0.6 is 11.6 Å². The number of carbonyl (C=O) groups excluding carboxylic acids is 1. The minimum Gasteiger partial charge on any atom is -0.490 e. The van der Waals surface area contributed by atoms with E-state index in [1.54, 1.807) is 45.0 Å². The number of benzene rings is 1. The number of nitrogens with two attached hydrogens (primary N) is 1. The Kier molecular flexibility index (Phi) is 6.36. The molecule has 2 aromatic rings. The van der Waals surface area contributed by atoms with Crippen molar-refractivity contribution in [2.75, 3.05) is 12.4 Å². The predicted octanol–water partition coefficient (Wildman–Crippen LogP) is 3.45. The molecule has 1 amide bonds. The topological polar surface area (TPSA) is 133 Å². The van der Waals surface area contributed by atoms with Crippen LogP contribution in [0.5, 0.6) is 5.75 Å². The smallest absolute Gasteiger partial charge is 0.274 e. The minimum atomic E-state index is -3.72. The summed E-state index contributed by atoms with van der Waals surface area (Å²) in [6.07, 6.45) is 1.28. The normalized spacial score (nSPS) is 26.4. The summed E-state index contributed by atoms with van der Waals surface area (Å²) in [7, 11) is -2.21. The van der Waals surface area contributed by atoms with E-state index >= 15 is 0 Å². The third-order valence-electron chi connectivity index (χ3n) is 6.79. The largest absolute Gasteiger partial charge is 0.490 e. The van der Waals surface area contributed by atoms with Crippen molar-refractivity contribution in [1.82, 2.24) is 4.98 Å². The summed E-state index contributed by atoms with van der Waals surface area (Å²) in [5.74, 6) is 0.0797. The standard InChI is InChI=1S/C24H29ClN4O5S/c1-13-8-19-24(4,29-22(26)23(2,3)35(19,31)32)17-10-16(6-7-18(17)34-13)28-21(30)20-14(12-33-5)9-15(25)11-27-20/h6-7,9-11,13,19H,8,12H2,1-5H3,(H2,26,29)(H,28,30)/t13-,19+,24+/m0/s1. The van der Waals surface area contributed by atoms with E-state index in [9.17, 15) is 13.2 Å². The quantitative estimate of drug-likeness (QED) is 0.630. The Morgan fingerprint density at radius 1 is 1.31 bits per heavy atom. The number of pyridine rings is 1. The number of sulfone groups is 1. The van der Waals surface area contributed by atoms with Crippen molar-refractivity contribution in [1.29, 1.82) is 0 Å². The van der Waals surface area contributed by atoms with Crippen LogP contribution in [0.3, 0.4) is 0 Å². The lowest BCUT2D eigenvalue weighted by atomic mass is 9.85. The molecule has 188 valence electrons. The number of methoxy groups -OCH3 is 1. The second kappa shape index (κ2) is 8.76. The van der Waals surface area contributed by atoms with Crippen LogP contribution < -0.4 is 15.8 Å².